The van der Waals surface area contributed by atoms with Crippen molar-refractivity contribution in [3.63, 3.8) is 0 Å². The van der Waals surface area contributed by atoms with Gasteiger partial charge in [-0.3, -0.25) is 24.0 Å². The monoisotopic (exact) mass is 408 g/mol. The number of hydrogen-bond acceptors (Lipinski definition) is 10. The Morgan fingerprint density at radius 2 is 1.39 bits per heavy atom. The van der Waals surface area contributed by atoms with Crippen LogP contribution in [0.3, 0.4) is 0 Å². The first kappa shape index (κ1) is 24.5. The summed E-state index contributed by atoms with van der Waals surface area (Å²) in [6.07, 6.45) is -6.81. The van der Waals surface area contributed by atoms with E-state index in [1.165, 1.54) is 0 Å². The number of carboxylic acid groups (broad SMARTS) is 4. The van der Waals surface area contributed by atoms with Crippen LogP contribution in [0.5, 0.6) is 0 Å². The zero-order valence-electron chi connectivity index (χ0n) is 14.2. The van der Waals surface area contributed by atoms with Crippen LogP contribution in [-0.4, -0.2) is 79.0 Å². The molecule has 0 bridgehead atoms. The quantitative estimate of drug-likeness (QED) is 0.181. The van der Waals surface area contributed by atoms with Crippen molar-refractivity contribution in [1.29, 1.82) is 0 Å². The molecule has 0 aromatic carbocycles. The van der Waals surface area contributed by atoms with Gasteiger partial charge in [0.15, 0.2) is 6.10 Å². The Bertz CT molecular complexity index is 694. The van der Waals surface area contributed by atoms with Crippen LogP contribution in [0.1, 0.15) is 26.2 Å². The Hall–Kier alpha value is -3.55. The second-order valence-electron chi connectivity index (χ2n) is 5.42. The molecule has 28 heavy (non-hydrogen) atoms. The third-order valence-electron chi connectivity index (χ3n) is 3.16. The predicted molar refractivity (Wildman–Crippen MR) is 79.5 cm³/mol. The molecule has 0 radical (unpaired) electrons. The summed E-state index contributed by atoms with van der Waals surface area (Å²) in [5, 5.41) is 44.9. The predicted octanol–water partition coefficient (Wildman–Crippen LogP) is -2.16. The maximum atomic E-state index is 11.9. The van der Waals surface area contributed by atoms with Crippen molar-refractivity contribution in [1.82, 2.24) is 0 Å². The maximum Gasteiger partial charge on any atom is 0.349 e. The fourth-order valence-electron chi connectivity index (χ4n) is 1.95. The standard InChI is InChI=1S/C14H16O14/c1-5(15)27-9(19)4-14(13(25)26,3-7(16)17)28-8(18)2-6(11(21)22)10(20)12(23)24/h6,10,20H,2-4H2,1H3,(H,16,17)(H,21,22)(H,23,24)(H,25,26). The summed E-state index contributed by atoms with van der Waals surface area (Å²) in [5.41, 5.74) is -3.08. The molecular weight excluding hydrogens is 392 g/mol. The van der Waals surface area contributed by atoms with Gasteiger partial charge in [0, 0.05) is 6.92 Å². The molecule has 0 aromatic heterocycles. The van der Waals surface area contributed by atoms with Crippen molar-refractivity contribution in [2.45, 2.75) is 37.9 Å². The van der Waals surface area contributed by atoms with E-state index < -0.39 is 78.7 Å². The van der Waals surface area contributed by atoms with E-state index in [2.05, 4.69) is 9.47 Å². The number of carboxylic acids is 4. The van der Waals surface area contributed by atoms with Gasteiger partial charge in [0.05, 0.1) is 19.3 Å². The summed E-state index contributed by atoms with van der Waals surface area (Å²) in [5.74, 6) is -14.6. The molecule has 0 saturated carbocycles. The number of carbonyl (C=O) groups excluding carboxylic acids is 3. The molecule has 5 N–H and O–H groups in total. The van der Waals surface area contributed by atoms with Gasteiger partial charge in [-0.05, 0) is 0 Å². The first-order valence-corrected chi connectivity index (χ1v) is 7.23. The van der Waals surface area contributed by atoms with E-state index in [1.807, 2.05) is 0 Å². The second-order valence-corrected chi connectivity index (χ2v) is 5.42. The topological polar surface area (TPSA) is 239 Å². The van der Waals surface area contributed by atoms with Gasteiger partial charge in [-0.1, -0.05) is 0 Å². The molecule has 0 saturated heterocycles. The van der Waals surface area contributed by atoms with Crippen LogP contribution in [0.25, 0.3) is 0 Å². The van der Waals surface area contributed by atoms with E-state index in [0.29, 0.717) is 0 Å². The van der Waals surface area contributed by atoms with Crippen LogP contribution in [0, 0.1) is 5.92 Å². The summed E-state index contributed by atoms with van der Waals surface area (Å²) in [6, 6.07) is 0. The third kappa shape index (κ3) is 7.36. The normalized spacial score (nSPS) is 14.6. The molecule has 0 fully saturated rings. The van der Waals surface area contributed by atoms with Gasteiger partial charge in [-0.25, -0.2) is 9.59 Å². The number of esters is 3. The number of hydrogen-bond donors (Lipinski definition) is 5. The molecule has 0 heterocycles. The minimum absolute atomic E-state index is 0.786. The summed E-state index contributed by atoms with van der Waals surface area (Å²) in [7, 11) is 0. The minimum atomic E-state index is -3.08. The number of carbonyl (C=O) groups is 7. The molecule has 14 heteroatoms. The average molecular weight is 408 g/mol. The molecule has 0 aromatic rings. The first-order valence-electron chi connectivity index (χ1n) is 7.23. The lowest BCUT2D eigenvalue weighted by molar-refractivity contribution is -0.189. The Kier molecular flexibility index (Phi) is 8.70. The lowest BCUT2D eigenvalue weighted by Crippen LogP contribution is -2.48. The van der Waals surface area contributed by atoms with Gasteiger partial charge in [-0.2, -0.15) is 0 Å². The van der Waals surface area contributed by atoms with Crippen LogP contribution in [0.15, 0.2) is 0 Å². The summed E-state index contributed by atoms with van der Waals surface area (Å²) >= 11 is 0. The van der Waals surface area contributed by atoms with E-state index in [1.54, 1.807) is 0 Å². The highest BCUT2D eigenvalue weighted by molar-refractivity contribution is 5.94. The summed E-state index contributed by atoms with van der Waals surface area (Å²) < 4.78 is 8.55. The molecule has 0 aliphatic rings. The molecule has 0 aliphatic heterocycles. The molecular formula is C14H16O14. The van der Waals surface area contributed by atoms with E-state index in [-0.39, 0.29) is 0 Å². The Morgan fingerprint density at radius 3 is 1.75 bits per heavy atom. The van der Waals surface area contributed by atoms with Crippen molar-refractivity contribution in [3.05, 3.63) is 0 Å². The first-order chi connectivity index (χ1) is 12.7. The SMILES string of the molecule is CC(=O)OC(=O)CC(CC(=O)O)(OC(=O)CC(C(=O)O)C(O)C(=O)O)C(=O)O. The van der Waals surface area contributed by atoms with Crippen molar-refractivity contribution in [3.8, 4) is 0 Å². The van der Waals surface area contributed by atoms with Gasteiger partial charge >= 0.3 is 41.8 Å². The molecule has 0 aliphatic carbocycles. The molecule has 3 unspecified atom stereocenters. The Morgan fingerprint density at radius 1 is 0.857 bits per heavy atom. The van der Waals surface area contributed by atoms with Crippen molar-refractivity contribution >= 4 is 41.8 Å². The number of ether oxygens (including phenoxy) is 2. The number of aliphatic hydroxyl groups excluding tert-OH is 1. The van der Waals surface area contributed by atoms with Gasteiger partial charge in [0.1, 0.15) is 5.92 Å². The average Bonchev–Trinajstić information content (AvgIpc) is 2.49. The van der Waals surface area contributed by atoms with Gasteiger partial charge in [0.25, 0.3) is 0 Å². The van der Waals surface area contributed by atoms with E-state index in [4.69, 9.17) is 15.3 Å². The maximum absolute atomic E-state index is 11.9. The largest absolute Gasteiger partial charge is 0.481 e. The van der Waals surface area contributed by atoms with E-state index in [0.717, 1.165) is 6.92 Å². The van der Waals surface area contributed by atoms with Crippen molar-refractivity contribution < 1.29 is 68.6 Å². The van der Waals surface area contributed by atoms with Crippen molar-refractivity contribution in [2.75, 3.05) is 0 Å². The smallest absolute Gasteiger partial charge is 0.349 e. The number of aliphatic hydroxyl groups is 1. The summed E-state index contributed by atoms with van der Waals surface area (Å²) in [4.78, 5) is 78.4. The van der Waals surface area contributed by atoms with E-state index in [9.17, 15) is 43.8 Å². The second kappa shape index (κ2) is 9.96. The lowest BCUT2D eigenvalue weighted by atomic mass is 9.94. The Balaban J connectivity index is 5.70. The van der Waals surface area contributed by atoms with E-state index >= 15 is 0 Å². The lowest BCUT2D eigenvalue weighted by Gasteiger charge is -2.27. The summed E-state index contributed by atoms with van der Waals surface area (Å²) in [6.45, 7) is 0.786. The zero-order chi connectivity index (χ0) is 22.2. The highest BCUT2D eigenvalue weighted by Crippen LogP contribution is 2.25. The molecule has 3 atom stereocenters. The van der Waals surface area contributed by atoms with Gasteiger partial charge in [-0.15, -0.1) is 0 Å². The van der Waals surface area contributed by atoms with Crippen LogP contribution in [0.2, 0.25) is 0 Å². The third-order valence-corrected chi connectivity index (χ3v) is 3.16. The van der Waals surface area contributed by atoms with Crippen LogP contribution in [-0.2, 0) is 43.0 Å². The molecule has 0 amide bonds. The van der Waals surface area contributed by atoms with Crippen molar-refractivity contribution in [2.24, 2.45) is 5.92 Å². The molecule has 0 rings (SSSR count). The minimum Gasteiger partial charge on any atom is -0.481 e. The molecule has 0 spiro atoms. The fourth-order valence-corrected chi connectivity index (χ4v) is 1.95. The highest BCUT2D eigenvalue weighted by atomic mass is 16.6. The number of rotatable bonds is 11. The Labute approximate surface area is 155 Å². The van der Waals surface area contributed by atoms with Gasteiger partial charge in [0.2, 0.25) is 5.60 Å². The van der Waals surface area contributed by atoms with Crippen LogP contribution >= 0.6 is 0 Å². The van der Waals surface area contributed by atoms with Crippen LogP contribution in [0.4, 0.5) is 0 Å². The fraction of sp³-hybridized carbons (Fsp3) is 0.500. The molecule has 14 nitrogen and oxygen atoms in total. The number of aliphatic carboxylic acids is 4. The molecule has 156 valence electrons. The van der Waals surface area contributed by atoms with Crippen LogP contribution < -0.4 is 0 Å². The van der Waals surface area contributed by atoms with Gasteiger partial charge < -0.3 is 35.0 Å². The zero-order valence-corrected chi connectivity index (χ0v) is 14.2. The highest BCUT2D eigenvalue weighted by Gasteiger charge is 2.48.